The van der Waals surface area contributed by atoms with Gasteiger partial charge in [-0.1, -0.05) is 13.0 Å². The first-order valence-electron chi connectivity index (χ1n) is 10.8. The molecule has 4 aliphatic carbocycles. The van der Waals surface area contributed by atoms with E-state index in [0.717, 1.165) is 30.0 Å². The molecule has 2 heteroatoms. The van der Waals surface area contributed by atoms with E-state index in [9.17, 15) is 0 Å². The molecule has 1 aromatic carbocycles. The number of methoxy groups -OCH3 is 1. The summed E-state index contributed by atoms with van der Waals surface area (Å²) >= 11 is 0. The lowest BCUT2D eigenvalue weighted by Gasteiger charge is -2.49. The molecule has 143 valence electrons. The third-order valence-corrected chi connectivity index (χ3v) is 8.03. The molecule has 5 atom stereocenters. The van der Waals surface area contributed by atoms with E-state index >= 15 is 0 Å². The van der Waals surface area contributed by atoms with E-state index in [1.54, 1.807) is 18.2 Å². The molecule has 0 unspecified atom stereocenters. The zero-order valence-corrected chi connectivity index (χ0v) is 16.7. The van der Waals surface area contributed by atoms with Crippen LogP contribution in [-0.4, -0.2) is 19.7 Å². The largest absolute Gasteiger partial charge is 0.497 e. The molecule has 0 saturated heterocycles. The van der Waals surface area contributed by atoms with Crippen LogP contribution in [0.3, 0.4) is 0 Å². The smallest absolute Gasteiger partial charge is 0.119 e. The first-order chi connectivity index (χ1) is 13.2. The Morgan fingerprint density at radius 3 is 2.85 bits per heavy atom. The molecule has 1 aromatic rings. The Kier molecular flexibility index (Phi) is 4.74. The van der Waals surface area contributed by atoms with Gasteiger partial charge >= 0.3 is 0 Å². The summed E-state index contributed by atoms with van der Waals surface area (Å²) in [6, 6.07) is 7.52. The van der Waals surface area contributed by atoms with Gasteiger partial charge in [-0.15, -0.1) is 0 Å². The van der Waals surface area contributed by atoms with Gasteiger partial charge in [0.2, 0.25) is 0 Å². The van der Waals surface area contributed by atoms with Crippen molar-refractivity contribution in [1.29, 1.82) is 0 Å². The van der Waals surface area contributed by atoms with Crippen molar-refractivity contribution in [3.05, 3.63) is 60.9 Å². The van der Waals surface area contributed by atoms with E-state index < -0.39 is 0 Å². The second-order valence-electron chi connectivity index (χ2n) is 9.48. The highest BCUT2D eigenvalue weighted by atomic mass is 16.5. The fourth-order valence-corrected chi connectivity index (χ4v) is 6.69. The number of hydrogen-bond acceptors (Lipinski definition) is 2. The molecule has 0 aromatic heterocycles. The summed E-state index contributed by atoms with van der Waals surface area (Å²) < 4.78 is 5.46. The Morgan fingerprint density at radius 2 is 2.04 bits per heavy atom. The van der Waals surface area contributed by atoms with Crippen LogP contribution in [0.5, 0.6) is 5.75 Å². The van der Waals surface area contributed by atoms with Gasteiger partial charge in [0, 0.05) is 12.6 Å². The molecule has 0 heterocycles. The van der Waals surface area contributed by atoms with Crippen LogP contribution in [0, 0.1) is 48.9 Å². The van der Waals surface area contributed by atoms with Gasteiger partial charge in [-0.05, 0) is 117 Å². The van der Waals surface area contributed by atoms with Gasteiger partial charge < -0.3 is 10.1 Å². The summed E-state index contributed by atoms with van der Waals surface area (Å²) in [6.07, 6.45) is 16.8. The average molecular weight is 363 g/mol. The van der Waals surface area contributed by atoms with Gasteiger partial charge in [-0.3, -0.25) is 0 Å². The predicted molar refractivity (Wildman–Crippen MR) is 110 cm³/mol. The van der Waals surface area contributed by atoms with Crippen molar-refractivity contribution in [2.75, 3.05) is 13.7 Å². The molecule has 0 bridgehead atoms. The number of nitrogens with one attached hydrogen (secondary N) is 1. The van der Waals surface area contributed by atoms with E-state index in [4.69, 9.17) is 4.74 Å². The van der Waals surface area contributed by atoms with Crippen molar-refractivity contribution in [1.82, 2.24) is 5.32 Å². The summed E-state index contributed by atoms with van der Waals surface area (Å²) in [5.74, 6) is 4.96. The summed E-state index contributed by atoms with van der Waals surface area (Å²) in [6.45, 7) is 3.61. The van der Waals surface area contributed by atoms with E-state index in [0.29, 0.717) is 11.5 Å². The van der Waals surface area contributed by atoms with Crippen molar-refractivity contribution >= 4 is 0 Å². The maximum absolute atomic E-state index is 5.46. The topological polar surface area (TPSA) is 21.3 Å². The molecular formula is C25H32NO. The molecule has 5 rings (SSSR count). The zero-order chi connectivity index (χ0) is 18.4. The lowest BCUT2D eigenvalue weighted by atomic mass is 9.56. The third kappa shape index (κ3) is 3.22. The Bertz CT molecular complexity index is 679. The van der Waals surface area contributed by atoms with Crippen molar-refractivity contribution in [2.24, 2.45) is 17.3 Å². The molecule has 0 spiro atoms. The lowest BCUT2D eigenvalue weighted by molar-refractivity contribution is 0.0598. The van der Waals surface area contributed by atoms with Crippen molar-refractivity contribution in [3.8, 4) is 5.75 Å². The van der Waals surface area contributed by atoms with Gasteiger partial charge in [0.25, 0.3) is 0 Å². The standard InChI is InChI=1S/C25H32NO/c1-25-12-11-22-21-10-8-20(27-2)13-18(21)7-9-23(22)24(25)14-19(15-25)26-16-17-5-3-4-6-17/h3-6,8,10,13,19,22-24,26H,7,9,11-12,14-16H2,1-2H3/t19-,22-,23-,24+,25-/m1/s1. The number of rotatable bonds is 4. The first-order valence-corrected chi connectivity index (χ1v) is 10.8. The van der Waals surface area contributed by atoms with Crippen LogP contribution >= 0.6 is 0 Å². The first kappa shape index (κ1) is 18.0. The van der Waals surface area contributed by atoms with Crippen LogP contribution in [0.4, 0.5) is 0 Å². The summed E-state index contributed by atoms with van der Waals surface area (Å²) in [7, 11) is 1.78. The Morgan fingerprint density at radius 1 is 1.19 bits per heavy atom. The van der Waals surface area contributed by atoms with Crippen LogP contribution in [-0.2, 0) is 6.42 Å². The maximum Gasteiger partial charge on any atom is 0.119 e. The van der Waals surface area contributed by atoms with Gasteiger partial charge in [-0.2, -0.15) is 0 Å². The van der Waals surface area contributed by atoms with Crippen LogP contribution < -0.4 is 10.1 Å². The number of ether oxygens (including phenoxy) is 1. The molecule has 1 N–H and O–H groups in total. The third-order valence-electron chi connectivity index (χ3n) is 8.03. The minimum absolute atomic E-state index is 0.537. The highest BCUT2D eigenvalue weighted by Gasteiger charge is 2.52. The van der Waals surface area contributed by atoms with Crippen LogP contribution in [0.2, 0.25) is 0 Å². The highest BCUT2D eigenvalue weighted by Crippen LogP contribution is 2.61. The molecule has 0 aliphatic heterocycles. The highest BCUT2D eigenvalue weighted by molar-refractivity contribution is 5.41. The number of aryl methyl sites for hydroxylation is 1. The average Bonchev–Trinajstić information content (AvgIpc) is 3.32. The Hall–Kier alpha value is -1.02. The van der Waals surface area contributed by atoms with E-state index in [1.807, 2.05) is 0 Å². The van der Waals surface area contributed by atoms with Gasteiger partial charge in [0.05, 0.1) is 7.11 Å². The fraction of sp³-hybridized carbons (Fsp3) is 0.560. The summed E-state index contributed by atoms with van der Waals surface area (Å²) in [5.41, 5.74) is 3.71. The molecule has 3 saturated carbocycles. The minimum atomic E-state index is 0.537. The van der Waals surface area contributed by atoms with E-state index in [1.165, 1.54) is 44.4 Å². The van der Waals surface area contributed by atoms with Gasteiger partial charge in [-0.25, -0.2) is 0 Å². The molecule has 5 radical (unpaired) electrons. The Labute approximate surface area is 165 Å². The molecule has 3 fully saturated rings. The molecule has 0 amide bonds. The lowest BCUT2D eigenvalue weighted by Crippen LogP contribution is -2.39. The predicted octanol–water partition coefficient (Wildman–Crippen LogP) is 4.91. The van der Waals surface area contributed by atoms with Crippen LogP contribution in [0.15, 0.2) is 18.2 Å². The monoisotopic (exact) mass is 362 g/mol. The van der Waals surface area contributed by atoms with Crippen molar-refractivity contribution in [2.45, 2.75) is 57.4 Å². The molecule has 27 heavy (non-hydrogen) atoms. The SMILES string of the molecule is COc1ccc2c(c1)CC[C@@H]1[C@@H]2CC[C@]2(C)C[C@H](NC[C]3[CH][CH][CH][CH]3)C[C@@H]12. The van der Waals surface area contributed by atoms with Crippen LogP contribution in [0.25, 0.3) is 0 Å². The summed E-state index contributed by atoms with van der Waals surface area (Å²) in [4.78, 5) is 0. The second-order valence-corrected chi connectivity index (χ2v) is 9.48. The molecular weight excluding hydrogens is 330 g/mol. The fourth-order valence-electron chi connectivity index (χ4n) is 6.69. The number of fused-ring (bicyclic) bond motifs is 5. The van der Waals surface area contributed by atoms with Gasteiger partial charge in [0.1, 0.15) is 5.75 Å². The molecule has 2 nitrogen and oxygen atoms in total. The Balaban J connectivity index is 1.30. The van der Waals surface area contributed by atoms with Crippen molar-refractivity contribution < 1.29 is 4.74 Å². The zero-order valence-electron chi connectivity index (χ0n) is 16.7. The normalized spacial score (nSPS) is 38.3. The maximum atomic E-state index is 5.46. The van der Waals surface area contributed by atoms with E-state index in [2.05, 4.69) is 56.1 Å². The minimum Gasteiger partial charge on any atom is -0.497 e. The second kappa shape index (κ2) is 7.10. The number of benzene rings is 1. The van der Waals surface area contributed by atoms with Crippen LogP contribution in [0.1, 0.15) is 56.1 Å². The van der Waals surface area contributed by atoms with E-state index in [-0.39, 0.29) is 0 Å². The summed E-state index contributed by atoms with van der Waals surface area (Å²) in [5, 5.41) is 3.88. The molecule has 4 aliphatic rings. The number of hydrogen-bond donors (Lipinski definition) is 1. The van der Waals surface area contributed by atoms with Crippen molar-refractivity contribution in [3.63, 3.8) is 0 Å². The quantitative estimate of drug-likeness (QED) is 0.821. The van der Waals surface area contributed by atoms with Gasteiger partial charge in [0.15, 0.2) is 0 Å².